The Kier molecular flexibility index (Phi) is 6.46. The molecule has 28 heavy (non-hydrogen) atoms. The van der Waals surface area contributed by atoms with Crippen LogP contribution >= 0.6 is 11.6 Å². The highest BCUT2D eigenvalue weighted by molar-refractivity contribution is 7.92. The van der Waals surface area contributed by atoms with Crippen LogP contribution in [-0.2, 0) is 26.9 Å². The van der Waals surface area contributed by atoms with Crippen LogP contribution in [-0.4, -0.2) is 32.8 Å². The molecular weight excluding hydrogens is 402 g/mol. The van der Waals surface area contributed by atoms with E-state index in [2.05, 4.69) is 5.32 Å². The van der Waals surface area contributed by atoms with Gasteiger partial charge in [0.25, 0.3) is 0 Å². The van der Waals surface area contributed by atoms with Crippen LogP contribution in [0.3, 0.4) is 0 Å². The van der Waals surface area contributed by atoms with Crippen molar-refractivity contribution in [3.05, 3.63) is 58.6 Å². The molecule has 0 spiro atoms. The second kappa shape index (κ2) is 8.84. The van der Waals surface area contributed by atoms with Crippen LogP contribution in [0.25, 0.3) is 0 Å². The quantitative estimate of drug-likeness (QED) is 0.771. The van der Waals surface area contributed by atoms with Crippen molar-refractivity contribution in [2.45, 2.75) is 30.9 Å². The molecule has 0 fully saturated rings. The number of halogens is 1. The van der Waals surface area contributed by atoms with Crippen LogP contribution in [0.1, 0.15) is 24.5 Å². The molecule has 0 radical (unpaired) electrons. The Hall–Kier alpha value is -2.25. The minimum Gasteiger partial charge on any atom is -0.489 e. The highest BCUT2D eigenvalue weighted by Crippen LogP contribution is 2.38. The summed E-state index contributed by atoms with van der Waals surface area (Å²) in [5, 5.41) is 1.78. The van der Waals surface area contributed by atoms with Crippen molar-refractivity contribution in [1.82, 2.24) is 5.32 Å². The lowest BCUT2D eigenvalue weighted by Crippen LogP contribution is -2.38. The summed E-state index contributed by atoms with van der Waals surface area (Å²) in [4.78, 5) is 12.3. The highest BCUT2D eigenvalue weighted by Gasteiger charge is 2.29. The number of hydrogen-bond acceptors (Lipinski definition) is 5. The van der Waals surface area contributed by atoms with E-state index in [1.807, 2.05) is 30.3 Å². The molecule has 0 saturated carbocycles. The maximum atomic E-state index is 12.7. The van der Waals surface area contributed by atoms with E-state index in [0.29, 0.717) is 35.3 Å². The lowest BCUT2D eigenvalue weighted by atomic mass is 10.2. The average molecular weight is 424 g/mol. The third-order valence-corrected chi connectivity index (χ3v) is 6.76. The fourth-order valence-electron chi connectivity index (χ4n) is 2.82. The van der Waals surface area contributed by atoms with Gasteiger partial charge in [-0.2, -0.15) is 0 Å². The summed E-state index contributed by atoms with van der Waals surface area (Å²) in [6.45, 7) is 2.62. The van der Waals surface area contributed by atoms with Gasteiger partial charge in [-0.3, -0.25) is 4.79 Å². The minimum absolute atomic E-state index is 0.273. The lowest BCUT2D eigenvalue weighted by Gasteiger charge is -2.15. The van der Waals surface area contributed by atoms with Gasteiger partial charge in [0.1, 0.15) is 5.25 Å². The summed E-state index contributed by atoms with van der Waals surface area (Å²) < 4.78 is 36.6. The van der Waals surface area contributed by atoms with E-state index in [9.17, 15) is 13.2 Å². The van der Waals surface area contributed by atoms with Crippen molar-refractivity contribution in [2.75, 3.05) is 13.2 Å². The number of fused-ring (bicyclic) bond motifs is 1. The van der Waals surface area contributed by atoms with Crippen molar-refractivity contribution >= 4 is 27.3 Å². The molecule has 0 aromatic heterocycles. The van der Waals surface area contributed by atoms with Crippen LogP contribution in [0.4, 0.5) is 0 Å². The number of sulfone groups is 1. The van der Waals surface area contributed by atoms with Gasteiger partial charge >= 0.3 is 0 Å². The van der Waals surface area contributed by atoms with Gasteiger partial charge in [-0.25, -0.2) is 8.42 Å². The molecule has 2 aromatic rings. The topological polar surface area (TPSA) is 81.7 Å². The van der Waals surface area contributed by atoms with Crippen molar-refractivity contribution in [3.8, 4) is 11.5 Å². The Morgan fingerprint density at radius 3 is 2.61 bits per heavy atom. The van der Waals surface area contributed by atoms with Crippen molar-refractivity contribution in [1.29, 1.82) is 0 Å². The van der Waals surface area contributed by atoms with E-state index >= 15 is 0 Å². The summed E-state index contributed by atoms with van der Waals surface area (Å²) in [6.07, 6.45) is 0.720. The van der Waals surface area contributed by atoms with Gasteiger partial charge in [-0.15, -0.1) is 0 Å². The zero-order chi connectivity index (χ0) is 20.1. The molecular formula is C20H22ClNO5S. The summed E-state index contributed by atoms with van der Waals surface area (Å²) in [7, 11) is -3.74. The van der Waals surface area contributed by atoms with Gasteiger partial charge in [0.05, 0.1) is 24.0 Å². The first-order valence-corrected chi connectivity index (χ1v) is 11.1. The molecule has 0 saturated heterocycles. The number of hydrogen-bond donors (Lipinski definition) is 1. The number of benzene rings is 2. The first-order valence-electron chi connectivity index (χ1n) is 8.98. The number of carbonyl (C=O) groups is 1. The van der Waals surface area contributed by atoms with E-state index in [1.165, 1.54) is 6.92 Å². The number of amides is 1. The fraction of sp³-hybridized carbons (Fsp3) is 0.350. The maximum Gasteiger partial charge on any atom is 0.238 e. The van der Waals surface area contributed by atoms with E-state index < -0.39 is 21.0 Å². The predicted octanol–water partition coefficient (Wildman–Crippen LogP) is 3.12. The minimum atomic E-state index is -3.74. The third-order valence-electron chi connectivity index (χ3n) is 4.45. The lowest BCUT2D eigenvalue weighted by molar-refractivity contribution is -0.120. The molecule has 2 aromatic carbocycles. The molecule has 1 heterocycles. The van der Waals surface area contributed by atoms with Crippen molar-refractivity contribution in [3.63, 3.8) is 0 Å². The van der Waals surface area contributed by atoms with Crippen LogP contribution in [0, 0.1) is 0 Å². The Morgan fingerprint density at radius 2 is 1.86 bits per heavy atom. The molecule has 6 nitrogen and oxygen atoms in total. The van der Waals surface area contributed by atoms with Crippen LogP contribution in [0.2, 0.25) is 5.02 Å². The summed E-state index contributed by atoms with van der Waals surface area (Å²) in [6, 6.07) is 12.5. The largest absolute Gasteiger partial charge is 0.489 e. The van der Waals surface area contributed by atoms with Crippen LogP contribution in [0.5, 0.6) is 11.5 Å². The highest BCUT2D eigenvalue weighted by atomic mass is 35.5. The second-order valence-electron chi connectivity index (χ2n) is 6.61. The Morgan fingerprint density at radius 1 is 1.14 bits per heavy atom. The van der Waals surface area contributed by atoms with Gasteiger partial charge in [0.15, 0.2) is 21.3 Å². The summed E-state index contributed by atoms with van der Waals surface area (Å²) in [5.74, 6) is -0.00170. The Balaban J connectivity index is 1.69. The molecule has 1 aliphatic rings. The van der Waals surface area contributed by atoms with E-state index in [4.69, 9.17) is 21.1 Å². The van der Waals surface area contributed by atoms with Crippen LogP contribution < -0.4 is 14.8 Å². The second-order valence-corrected chi connectivity index (χ2v) is 9.34. The molecule has 0 aliphatic carbocycles. The van der Waals surface area contributed by atoms with Gasteiger partial charge in [-0.05, 0) is 30.2 Å². The van der Waals surface area contributed by atoms with Gasteiger partial charge in [-0.1, -0.05) is 41.9 Å². The maximum absolute atomic E-state index is 12.7. The van der Waals surface area contributed by atoms with Gasteiger partial charge in [0.2, 0.25) is 5.91 Å². The van der Waals surface area contributed by atoms with Gasteiger partial charge < -0.3 is 14.8 Å². The molecule has 1 atom stereocenters. The molecule has 0 unspecified atom stereocenters. The third kappa shape index (κ3) is 4.97. The van der Waals surface area contributed by atoms with Gasteiger partial charge in [0, 0.05) is 13.0 Å². The van der Waals surface area contributed by atoms with Crippen molar-refractivity contribution in [2.24, 2.45) is 0 Å². The SMILES string of the molecule is C[C@@H](C(=O)NCc1ccccc1)S(=O)(=O)Cc1cc(Cl)c2c(c1)OCCCO2. The van der Waals surface area contributed by atoms with E-state index in [0.717, 1.165) is 12.0 Å². The monoisotopic (exact) mass is 423 g/mol. The number of carbonyl (C=O) groups excluding carboxylic acids is 1. The molecule has 3 rings (SSSR count). The number of ether oxygens (including phenoxy) is 2. The molecule has 8 heteroatoms. The number of rotatable bonds is 6. The number of nitrogens with one attached hydrogen (secondary N) is 1. The molecule has 1 N–H and O–H groups in total. The zero-order valence-corrected chi connectivity index (χ0v) is 17.1. The van der Waals surface area contributed by atoms with Crippen molar-refractivity contribution < 1.29 is 22.7 Å². The first kappa shape index (κ1) is 20.5. The standard InChI is InChI=1S/C20H22ClNO5S/c1-14(20(23)22-12-15-6-3-2-4-7-15)28(24,25)13-16-10-17(21)19-18(11-16)26-8-5-9-27-19/h2-4,6-7,10-11,14H,5,8-9,12-13H2,1H3,(H,22,23)/t14-/m0/s1. The Bertz CT molecular complexity index is 947. The molecule has 150 valence electrons. The first-order chi connectivity index (χ1) is 13.4. The van der Waals surface area contributed by atoms with Crippen LogP contribution in [0.15, 0.2) is 42.5 Å². The predicted molar refractivity (Wildman–Crippen MR) is 107 cm³/mol. The van der Waals surface area contributed by atoms with E-state index in [1.54, 1.807) is 12.1 Å². The average Bonchev–Trinajstić information content (AvgIpc) is 2.92. The summed E-state index contributed by atoms with van der Waals surface area (Å²) in [5.41, 5.74) is 1.35. The summed E-state index contributed by atoms with van der Waals surface area (Å²) >= 11 is 6.23. The molecule has 0 bridgehead atoms. The molecule has 1 amide bonds. The smallest absolute Gasteiger partial charge is 0.238 e. The van der Waals surface area contributed by atoms with E-state index in [-0.39, 0.29) is 12.3 Å². The zero-order valence-electron chi connectivity index (χ0n) is 15.5. The Labute approximate surface area is 169 Å². The normalized spacial score (nSPS) is 14.8. The fourth-order valence-corrected chi connectivity index (χ4v) is 4.40. The molecule has 1 aliphatic heterocycles.